The molecule has 2 amide bonds. The zero-order chi connectivity index (χ0) is 30.6. The molecule has 3 N–H and O–H groups in total. The fourth-order valence-electron chi connectivity index (χ4n) is 5.56. The first kappa shape index (κ1) is 29.1. The normalized spacial score (nSPS) is 16.7. The highest BCUT2D eigenvalue weighted by Crippen LogP contribution is 2.43. The third-order valence-corrected chi connectivity index (χ3v) is 8.01. The number of H-pyrrole nitrogens is 1. The van der Waals surface area contributed by atoms with Crippen molar-refractivity contribution in [3.8, 4) is 16.9 Å². The minimum atomic E-state index is -1.15. The zero-order valence-electron chi connectivity index (χ0n) is 23.1. The van der Waals surface area contributed by atoms with Gasteiger partial charge in [0.25, 0.3) is 0 Å². The molecule has 1 aliphatic rings. The van der Waals surface area contributed by atoms with E-state index in [1.54, 1.807) is 48.5 Å². The number of halogens is 2. The summed E-state index contributed by atoms with van der Waals surface area (Å²) < 4.78 is 1.51. The van der Waals surface area contributed by atoms with Crippen LogP contribution in [-0.2, 0) is 4.79 Å². The van der Waals surface area contributed by atoms with E-state index in [4.69, 9.17) is 33.3 Å². The number of likely N-dealkylation sites (tertiary alicyclic amines) is 1. The average Bonchev–Trinajstić information content (AvgIpc) is 3.70. The van der Waals surface area contributed by atoms with Gasteiger partial charge in [0.15, 0.2) is 0 Å². The summed E-state index contributed by atoms with van der Waals surface area (Å²) in [5.74, 6) is 0.323. The summed E-state index contributed by atoms with van der Waals surface area (Å²) in [5, 5.41) is 23.6. The van der Waals surface area contributed by atoms with Crippen molar-refractivity contribution in [1.29, 1.82) is 0 Å². The van der Waals surface area contributed by atoms with Crippen LogP contribution in [0.5, 0.6) is 0 Å². The van der Waals surface area contributed by atoms with E-state index in [9.17, 15) is 9.59 Å². The number of tetrazole rings is 1. The number of carbonyl (C=O) groups is 2. The molecule has 0 aliphatic carbocycles. The minimum Gasteiger partial charge on any atom is -0.465 e. The van der Waals surface area contributed by atoms with Gasteiger partial charge >= 0.3 is 6.09 Å². The van der Waals surface area contributed by atoms with Crippen molar-refractivity contribution >= 4 is 47.0 Å². The third kappa shape index (κ3) is 6.19. The van der Waals surface area contributed by atoms with Crippen LogP contribution in [0.3, 0.4) is 0 Å². The molecule has 5 aromatic rings. The summed E-state index contributed by atoms with van der Waals surface area (Å²) in [4.78, 5) is 34.9. The van der Waals surface area contributed by atoms with Gasteiger partial charge in [0.1, 0.15) is 23.0 Å². The predicted molar refractivity (Wildman–Crippen MR) is 167 cm³/mol. The highest BCUT2D eigenvalue weighted by molar-refractivity contribution is 6.32. The standard InChI is InChI=1S/C31H26Cl2N8O3/c32-22-11-14-25(41-18-34-38-39-41)21(17-22)10-15-26(42)40-16-4-7-24(19-5-2-1-3-6-19)28(40)30-36-27(29(33)37-30)20-8-12-23(13-9-20)35-31(43)44/h1-3,5-6,8-15,17-18,24,28,35H,4,7,16H2,(H,36,37)(H,43,44)/t24-,28-/m1/s1. The molecule has 2 atom stereocenters. The molecule has 13 heteroatoms. The molecule has 0 bridgehead atoms. The number of piperidine rings is 1. The molecular formula is C31H26Cl2N8O3. The number of rotatable bonds is 7. The second-order valence-electron chi connectivity index (χ2n) is 10.2. The van der Waals surface area contributed by atoms with Crippen molar-refractivity contribution in [3.63, 3.8) is 0 Å². The number of anilines is 1. The van der Waals surface area contributed by atoms with E-state index in [1.807, 2.05) is 23.1 Å². The molecule has 222 valence electrons. The van der Waals surface area contributed by atoms with E-state index < -0.39 is 12.1 Å². The average molecular weight is 630 g/mol. The molecule has 1 saturated heterocycles. The first-order chi connectivity index (χ1) is 21.4. The van der Waals surface area contributed by atoms with Gasteiger partial charge in [0.2, 0.25) is 5.91 Å². The molecule has 44 heavy (non-hydrogen) atoms. The summed E-state index contributed by atoms with van der Waals surface area (Å²) >= 11 is 13.0. The van der Waals surface area contributed by atoms with Crippen LogP contribution in [0.25, 0.3) is 23.0 Å². The number of hydrogen-bond acceptors (Lipinski definition) is 6. The predicted octanol–water partition coefficient (Wildman–Crippen LogP) is 6.61. The van der Waals surface area contributed by atoms with Gasteiger partial charge in [0, 0.05) is 40.4 Å². The number of aromatic amines is 1. The number of hydrogen-bond donors (Lipinski definition) is 3. The Hall–Kier alpha value is -5.00. The molecule has 1 fully saturated rings. The van der Waals surface area contributed by atoms with Crippen molar-refractivity contribution < 1.29 is 14.7 Å². The lowest BCUT2D eigenvalue weighted by Gasteiger charge is -2.40. The molecule has 0 unspecified atom stereocenters. The second kappa shape index (κ2) is 12.7. The van der Waals surface area contributed by atoms with Gasteiger partial charge in [-0.3, -0.25) is 10.1 Å². The van der Waals surface area contributed by atoms with E-state index in [-0.39, 0.29) is 11.8 Å². The fourth-order valence-corrected chi connectivity index (χ4v) is 5.99. The number of carbonyl (C=O) groups excluding carboxylic acids is 1. The first-order valence-corrected chi connectivity index (χ1v) is 14.6. The van der Waals surface area contributed by atoms with Gasteiger partial charge in [0.05, 0.1) is 11.7 Å². The molecule has 6 rings (SSSR count). The van der Waals surface area contributed by atoms with Crippen molar-refractivity contribution in [2.45, 2.75) is 24.8 Å². The summed E-state index contributed by atoms with van der Waals surface area (Å²) in [6.07, 6.45) is 5.22. The van der Waals surface area contributed by atoms with Crippen LogP contribution in [0.4, 0.5) is 10.5 Å². The van der Waals surface area contributed by atoms with Gasteiger partial charge in [-0.1, -0.05) is 65.7 Å². The largest absolute Gasteiger partial charge is 0.465 e. The Morgan fingerprint density at radius 3 is 2.57 bits per heavy atom. The monoisotopic (exact) mass is 628 g/mol. The van der Waals surface area contributed by atoms with Crippen molar-refractivity contribution in [3.05, 3.63) is 112 Å². The minimum absolute atomic E-state index is 0.0394. The lowest BCUT2D eigenvalue weighted by Crippen LogP contribution is -2.41. The lowest BCUT2D eigenvalue weighted by atomic mass is 9.83. The number of benzene rings is 3. The number of nitrogens with zero attached hydrogens (tertiary/aromatic N) is 6. The first-order valence-electron chi connectivity index (χ1n) is 13.8. The third-order valence-electron chi connectivity index (χ3n) is 7.50. The topological polar surface area (TPSA) is 142 Å². The van der Waals surface area contributed by atoms with E-state index in [1.165, 1.54) is 17.1 Å². The van der Waals surface area contributed by atoms with E-state index in [0.29, 0.717) is 50.7 Å². The molecule has 3 heterocycles. The van der Waals surface area contributed by atoms with E-state index in [0.717, 1.165) is 18.4 Å². The smallest absolute Gasteiger partial charge is 0.409 e. The van der Waals surface area contributed by atoms with Crippen LogP contribution in [-0.4, -0.2) is 58.7 Å². The Bertz CT molecular complexity index is 1810. The Kier molecular flexibility index (Phi) is 8.40. The Morgan fingerprint density at radius 1 is 1.05 bits per heavy atom. The summed E-state index contributed by atoms with van der Waals surface area (Å²) in [6.45, 7) is 0.524. The Balaban J connectivity index is 1.35. The van der Waals surface area contributed by atoms with Gasteiger partial charge in [-0.2, -0.15) is 4.68 Å². The molecule has 0 radical (unpaired) electrons. The molecule has 3 aromatic carbocycles. The van der Waals surface area contributed by atoms with Crippen molar-refractivity contribution in [2.75, 3.05) is 11.9 Å². The SMILES string of the molecule is O=C(O)Nc1ccc(-c2nc([C@H]3[C@@H](c4ccccc4)CCCN3C(=O)C=Cc3cc(Cl)ccc3-n3cnnn3)[nH]c2Cl)cc1. The summed E-state index contributed by atoms with van der Waals surface area (Å²) in [6, 6.07) is 21.7. The number of amides is 2. The maximum atomic E-state index is 13.9. The van der Waals surface area contributed by atoms with Gasteiger partial charge < -0.3 is 15.0 Å². The van der Waals surface area contributed by atoms with Crippen LogP contribution in [0.15, 0.2) is 85.2 Å². The lowest BCUT2D eigenvalue weighted by molar-refractivity contribution is -0.130. The maximum Gasteiger partial charge on any atom is 0.409 e. The zero-order valence-corrected chi connectivity index (χ0v) is 24.7. The fraction of sp³-hybridized carbons (Fsp3) is 0.161. The van der Waals surface area contributed by atoms with E-state index in [2.05, 4.69) is 38.0 Å². The Morgan fingerprint density at radius 2 is 1.84 bits per heavy atom. The summed E-state index contributed by atoms with van der Waals surface area (Å²) in [7, 11) is 0. The van der Waals surface area contributed by atoms with E-state index >= 15 is 0 Å². The van der Waals surface area contributed by atoms with Gasteiger partial charge in [-0.05, 0) is 65.2 Å². The van der Waals surface area contributed by atoms with Gasteiger partial charge in [-0.15, -0.1) is 5.10 Å². The van der Waals surface area contributed by atoms with Crippen LogP contribution in [0.1, 0.15) is 41.8 Å². The quantitative estimate of drug-likeness (QED) is 0.172. The van der Waals surface area contributed by atoms with Crippen LogP contribution >= 0.6 is 23.2 Å². The Labute approximate surface area is 262 Å². The number of imidazole rings is 1. The van der Waals surface area contributed by atoms with Crippen LogP contribution < -0.4 is 5.32 Å². The molecule has 11 nitrogen and oxygen atoms in total. The van der Waals surface area contributed by atoms with Crippen LogP contribution in [0.2, 0.25) is 10.2 Å². The molecule has 0 saturated carbocycles. The molecule has 1 aliphatic heterocycles. The number of aromatic nitrogens is 6. The molecular weight excluding hydrogens is 603 g/mol. The molecule has 0 spiro atoms. The highest BCUT2D eigenvalue weighted by Gasteiger charge is 2.38. The highest BCUT2D eigenvalue weighted by atomic mass is 35.5. The molecule has 2 aromatic heterocycles. The number of nitrogens with one attached hydrogen (secondary N) is 2. The number of carboxylic acid groups (broad SMARTS) is 1. The van der Waals surface area contributed by atoms with Crippen molar-refractivity contribution in [1.82, 2.24) is 35.1 Å². The van der Waals surface area contributed by atoms with Crippen LogP contribution in [0, 0.1) is 0 Å². The second-order valence-corrected chi connectivity index (χ2v) is 11.0. The van der Waals surface area contributed by atoms with Gasteiger partial charge in [-0.25, -0.2) is 9.78 Å². The van der Waals surface area contributed by atoms with Crippen molar-refractivity contribution in [2.24, 2.45) is 0 Å². The maximum absolute atomic E-state index is 13.9. The summed E-state index contributed by atoms with van der Waals surface area (Å²) in [5.41, 5.74) is 4.08.